The largest absolute Gasteiger partial charge is 0.399 e. The second kappa shape index (κ2) is 22.2. The first-order chi connectivity index (χ1) is 24.0. The predicted octanol–water partition coefficient (Wildman–Crippen LogP) is 12.8. The molecule has 264 valence electrons. The van der Waals surface area contributed by atoms with Crippen molar-refractivity contribution >= 4 is 11.4 Å². The van der Waals surface area contributed by atoms with Crippen molar-refractivity contribution in [3.63, 3.8) is 0 Å². The van der Waals surface area contributed by atoms with Crippen molar-refractivity contribution in [2.75, 3.05) is 11.5 Å². The van der Waals surface area contributed by atoms with Gasteiger partial charge in [0.15, 0.2) is 0 Å². The number of benzene rings is 4. The fraction of sp³-hybridized carbons (Fsp3) is 0.489. The highest BCUT2D eigenvalue weighted by atomic mass is 14.5. The van der Waals surface area contributed by atoms with Crippen molar-refractivity contribution in [3.05, 3.63) is 129 Å². The highest BCUT2D eigenvalue weighted by molar-refractivity contribution is 5.43. The third kappa shape index (κ3) is 14.5. The molecule has 0 aromatic heterocycles. The second-order valence-corrected chi connectivity index (χ2v) is 14.6. The van der Waals surface area contributed by atoms with Gasteiger partial charge in [0.2, 0.25) is 0 Å². The summed E-state index contributed by atoms with van der Waals surface area (Å²) < 4.78 is 0. The van der Waals surface area contributed by atoms with Crippen molar-refractivity contribution in [1.82, 2.24) is 0 Å². The molecule has 4 N–H and O–H groups in total. The minimum Gasteiger partial charge on any atom is -0.399 e. The molecule has 0 saturated carbocycles. The summed E-state index contributed by atoms with van der Waals surface area (Å²) in [5, 5.41) is 0. The lowest BCUT2D eigenvalue weighted by atomic mass is 9.92. The summed E-state index contributed by atoms with van der Waals surface area (Å²) >= 11 is 0. The zero-order valence-corrected chi connectivity index (χ0v) is 31.1. The Morgan fingerprint density at radius 2 is 0.653 bits per heavy atom. The quantitative estimate of drug-likeness (QED) is 0.0581. The van der Waals surface area contributed by atoms with E-state index in [9.17, 15) is 0 Å². The van der Waals surface area contributed by atoms with Crippen LogP contribution in [-0.4, -0.2) is 0 Å². The SMILES string of the molecule is CCCCCCCCc1cc(CCCCCc2ccc(Cc3ccc(N)cc3)c(CCCCCCCC)c2)ccc1Cc1ccc(N)cc1. The average molecular weight is 659 g/mol. The summed E-state index contributed by atoms with van der Waals surface area (Å²) in [6.07, 6.45) is 26.6. The fourth-order valence-corrected chi connectivity index (χ4v) is 7.22. The van der Waals surface area contributed by atoms with E-state index in [4.69, 9.17) is 11.5 Å². The molecule has 0 spiro atoms. The van der Waals surface area contributed by atoms with E-state index in [0.29, 0.717) is 0 Å². The first-order valence-electron chi connectivity index (χ1n) is 19.9. The van der Waals surface area contributed by atoms with Gasteiger partial charge in [-0.25, -0.2) is 0 Å². The molecule has 0 amide bonds. The standard InChI is InChI=1S/C47H66N2/c1-3-5-7-9-11-16-20-42-34-38(22-28-44(42)36-40-24-30-46(48)31-25-40)18-14-13-15-19-39-23-29-45(37-41-26-32-47(49)33-27-41)43(35-39)21-17-12-10-8-6-4-2/h22-35H,3-21,36-37,48-49H2,1-2H3. The third-order valence-corrected chi connectivity index (χ3v) is 10.3. The van der Waals surface area contributed by atoms with Gasteiger partial charge in [-0.2, -0.15) is 0 Å². The lowest BCUT2D eigenvalue weighted by Gasteiger charge is -2.14. The molecule has 0 unspecified atom stereocenters. The third-order valence-electron chi connectivity index (χ3n) is 10.3. The van der Waals surface area contributed by atoms with Gasteiger partial charge in [-0.15, -0.1) is 0 Å². The number of anilines is 2. The van der Waals surface area contributed by atoms with Crippen LogP contribution in [0.2, 0.25) is 0 Å². The van der Waals surface area contributed by atoms with Gasteiger partial charge in [0.1, 0.15) is 0 Å². The van der Waals surface area contributed by atoms with E-state index in [1.165, 1.54) is 155 Å². The Labute approximate surface area is 300 Å². The minimum absolute atomic E-state index is 0.839. The maximum absolute atomic E-state index is 5.96. The van der Waals surface area contributed by atoms with Gasteiger partial charge in [-0.3, -0.25) is 0 Å². The molecule has 4 aromatic rings. The van der Waals surface area contributed by atoms with Crippen LogP contribution in [0.4, 0.5) is 11.4 Å². The Balaban J connectivity index is 1.30. The summed E-state index contributed by atoms with van der Waals surface area (Å²) in [7, 11) is 0. The Hall–Kier alpha value is -3.52. The minimum atomic E-state index is 0.839. The van der Waals surface area contributed by atoms with Crippen LogP contribution in [0.3, 0.4) is 0 Å². The van der Waals surface area contributed by atoms with E-state index >= 15 is 0 Å². The summed E-state index contributed by atoms with van der Waals surface area (Å²) in [5.41, 5.74) is 25.4. The summed E-state index contributed by atoms with van der Waals surface area (Å²) in [6, 6.07) is 31.5. The van der Waals surface area contributed by atoms with Crippen LogP contribution in [0.5, 0.6) is 0 Å². The van der Waals surface area contributed by atoms with Crippen molar-refractivity contribution < 1.29 is 0 Å². The van der Waals surface area contributed by atoms with Crippen LogP contribution in [-0.2, 0) is 38.5 Å². The van der Waals surface area contributed by atoms with Crippen LogP contribution in [0.15, 0.2) is 84.9 Å². The smallest absolute Gasteiger partial charge is 0.0314 e. The molecule has 0 atom stereocenters. The number of nitrogens with two attached hydrogens (primary N) is 2. The van der Waals surface area contributed by atoms with Gasteiger partial charge < -0.3 is 11.5 Å². The van der Waals surface area contributed by atoms with Crippen molar-refractivity contribution in [1.29, 1.82) is 0 Å². The molecule has 4 aromatic carbocycles. The number of aryl methyl sites for hydroxylation is 4. The number of rotatable bonds is 24. The molecule has 0 aliphatic rings. The van der Waals surface area contributed by atoms with Gasteiger partial charge >= 0.3 is 0 Å². The Kier molecular flexibility index (Phi) is 17.4. The molecule has 4 rings (SSSR count). The van der Waals surface area contributed by atoms with Crippen molar-refractivity contribution in [2.45, 2.75) is 149 Å². The van der Waals surface area contributed by atoms with E-state index in [0.717, 1.165) is 24.2 Å². The van der Waals surface area contributed by atoms with E-state index in [2.05, 4.69) is 74.5 Å². The number of hydrogen-bond acceptors (Lipinski definition) is 2. The Bertz CT molecular complexity index is 1350. The van der Waals surface area contributed by atoms with Crippen LogP contribution < -0.4 is 11.5 Å². The van der Waals surface area contributed by atoms with Crippen LogP contribution in [0.25, 0.3) is 0 Å². The molecule has 0 saturated heterocycles. The average Bonchev–Trinajstić information content (AvgIpc) is 3.11. The van der Waals surface area contributed by atoms with E-state index < -0.39 is 0 Å². The first-order valence-corrected chi connectivity index (χ1v) is 19.9. The van der Waals surface area contributed by atoms with Gasteiger partial charge in [0, 0.05) is 11.4 Å². The molecular formula is C47H66N2. The number of hydrogen-bond donors (Lipinski definition) is 2. The highest BCUT2D eigenvalue weighted by Crippen LogP contribution is 2.24. The predicted molar refractivity (Wildman–Crippen MR) is 216 cm³/mol. The van der Waals surface area contributed by atoms with E-state index in [1.54, 1.807) is 11.1 Å². The summed E-state index contributed by atoms with van der Waals surface area (Å²) in [4.78, 5) is 0. The van der Waals surface area contributed by atoms with E-state index in [-0.39, 0.29) is 0 Å². The molecule has 0 fully saturated rings. The maximum Gasteiger partial charge on any atom is 0.0314 e. The lowest BCUT2D eigenvalue weighted by Crippen LogP contribution is -2.00. The number of unbranched alkanes of at least 4 members (excludes halogenated alkanes) is 12. The molecule has 0 heterocycles. The van der Waals surface area contributed by atoms with Crippen molar-refractivity contribution in [3.8, 4) is 0 Å². The fourth-order valence-electron chi connectivity index (χ4n) is 7.22. The summed E-state index contributed by atoms with van der Waals surface area (Å²) in [5.74, 6) is 0. The van der Waals surface area contributed by atoms with Gasteiger partial charge in [0.05, 0.1) is 0 Å². The molecule has 2 nitrogen and oxygen atoms in total. The first kappa shape index (κ1) is 38.3. The van der Waals surface area contributed by atoms with Crippen LogP contribution in [0, 0.1) is 0 Å². The highest BCUT2D eigenvalue weighted by Gasteiger charge is 2.09. The molecule has 0 bridgehead atoms. The molecule has 0 radical (unpaired) electrons. The van der Waals surface area contributed by atoms with Crippen molar-refractivity contribution in [2.24, 2.45) is 0 Å². The maximum atomic E-state index is 5.96. The lowest BCUT2D eigenvalue weighted by molar-refractivity contribution is 0.606. The Morgan fingerprint density at radius 1 is 0.327 bits per heavy atom. The number of nitrogen functional groups attached to an aromatic ring is 2. The molecular weight excluding hydrogens is 593 g/mol. The Morgan fingerprint density at radius 3 is 1.06 bits per heavy atom. The van der Waals surface area contributed by atoms with E-state index in [1.807, 2.05) is 24.3 Å². The monoisotopic (exact) mass is 659 g/mol. The molecule has 2 heteroatoms. The second-order valence-electron chi connectivity index (χ2n) is 14.6. The van der Waals surface area contributed by atoms with Gasteiger partial charge in [-0.1, -0.05) is 145 Å². The summed E-state index contributed by atoms with van der Waals surface area (Å²) in [6.45, 7) is 4.59. The zero-order valence-electron chi connectivity index (χ0n) is 31.1. The molecule has 0 aliphatic heterocycles. The normalized spacial score (nSPS) is 11.3. The van der Waals surface area contributed by atoms with Crippen LogP contribution in [0.1, 0.15) is 155 Å². The zero-order chi connectivity index (χ0) is 34.5. The van der Waals surface area contributed by atoms with Gasteiger partial charge in [-0.05, 0) is 133 Å². The molecule has 0 aliphatic carbocycles. The van der Waals surface area contributed by atoms with Crippen LogP contribution >= 0.6 is 0 Å². The van der Waals surface area contributed by atoms with Gasteiger partial charge in [0.25, 0.3) is 0 Å². The topological polar surface area (TPSA) is 52.0 Å². The molecule has 49 heavy (non-hydrogen) atoms.